The van der Waals surface area contributed by atoms with Crippen LogP contribution in [0.25, 0.3) is 15.8 Å². The third kappa shape index (κ3) is 3.29. The monoisotopic (exact) mass is 423 g/mol. The fraction of sp³-hybridized carbons (Fsp3) is 0.235. The predicted octanol–water partition coefficient (Wildman–Crippen LogP) is 3.61. The Morgan fingerprint density at radius 2 is 2.11 bits per heavy atom. The molecule has 0 radical (unpaired) electrons. The number of hydrogen-bond acceptors (Lipinski definition) is 6. The molecule has 7 nitrogen and oxygen atoms in total. The van der Waals surface area contributed by atoms with Crippen LogP contribution in [0.4, 0.5) is 10.9 Å². The molecule has 0 fully saturated rings. The van der Waals surface area contributed by atoms with Gasteiger partial charge in [0, 0.05) is 7.05 Å². The van der Waals surface area contributed by atoms with E-state index in [2.05, 4.69) is 15.3 Å². The molecule has 140 valence electrons. The number of allylic oxidation sites excluding steroid dienone is 1. The zero-order valence-corrected chi connectivity index (χ0v) is 16.7. The number of benzene rings is 1. The minimum Gasteiger partial charge on any atom is -0.370 e. The van der Waals surface area contributed by atoms with Gasteiger partial charge in [0.05, 0.1) is 32.3 Å². The van der Waals surface area contributed by atoms with Crippen LogP contribution in [-0.2, 0) is 11.3 Å². The fourth-order valence-corrected chi connectivity index (χ4v) is 4.27. The van der Waals surface area contributed by atoms with Gasteiger partial charge in [-0.25, -0.2) is 9.97 Å². The zero-order chi connectivity index (χ0) is 19.3. The molecule has 1 amide bonds. The highest BCUT2D eigenvalue weighted by atomic mass is 35.5. The fourth-order valence-electron chi connectivity index (χ4n) is 2.98. The first-order valence-electron chi connectivity index (χ1n) is 8.03. The Morgan fingerprint density at radius 3 is 2.89 bits per heavy atom. The number of carbonyl (C=O) groups excluding carboxylic acids is 1. The van der Waals surface area contributed by atoms with Crippen molar-refractivity contribution in [3.63, 3.8) is 0 Å². The molecule has 4 rings (SSSR count). The number of rotatable bonds is 3. The van der Waals surface area contributed by atoms with Crippen LogP contribution in [-0.4, -0.2) is 38.8 Å². The van der Waals surface area contributed by atoms with Gasteiger partial charge < -0.3 is 19.9 Å². The van der Waals surface area contributed by atoms with Crippen LogP contribution in [0.3, 0.4) is 0 Å². The van der Waals surface area contributed by atoms with Crippen molar-refractivity contribution in [3.05, 3.63) is 40.3 Å². The largest absolute Gasteiger partial charge is 0.370 e. The van der Waals surface area contributed by atoms with E-state index in [0.717, 1.165) is 16.0 Å². The Morgan fingerprint density at radius 1 is 1.37 bits per heavy atom. The van der Waals surface area contributed by atoms with E-state index in [1.807, 2.05) is 6.92 Å². The Balaban J connectivity index is 1.55. The number of halogens is 2. The second-order valence-corrected chi connectivity index (χ2v) is 8.07. The quantitative estimate of drug-likeness (QED) is 0.671. The van der Waals surface area contributed by atoms with Gasteiger partial charge in [-0.1, -0.05) is 34.5 Å². The first-order valence-corrected chi connectivity index (χ1v) is 9.61. The summed E-state index contributed by atoms with van der Waals surface area (Å²) in [5, 5.41) is 14.1. The number of imidazole rings is 1. The maximum absolute atomic E-state index is 12.5. The molecule has 27 heavy (non-hydrogen) atoms. The van der Waals surface area contributed by atoms with Crippen molar-refractivity contribution in [2.24, 2.45) is 0 Å². The lowest BCUT2D eigenvalue weighted by Gasteiger charge is -2.27. The molecule has 0 saturated carbocycles. The van der Waals surface area contributed by atoms with Gasteiger partial charge in [0.2, 0.25) is 5.91 Å². The van der Waals surface area contributed by atoms with Crippen LogP contribution >= 0.6 is 34.5 Å². The van der Waals surface area contributed by atoms with E-state index in [1.54, 1.807) is 41.1 Å². The summed E-state index contributed by atoms with van der Waals surface area (Å²) in [5.74, 6) is 0.410. The number of nitrogens with one attached hydrogen (secondary N) is 1. The molecule has 0 saturated heterocycles. The van der Waals surface area contributed by atoms with E-state index in [-0.39, 0.29) is 12.5 Å². The summed E-state index contributed by atoms with van der Waals surface area (Å²) in [6, 6.07) is 3.40. The van der Waals surface area contributed by atoms with Gasteiger partial charge in [0.15, 0.2) is 10.9 Å². The molecule has 1 atom stereocenters. The number of fused-ring (bicyclic) bond motifs is 2. The van der Waals surface area contributed by atoms with Crippen molar-refractivity contribution >= 4 is 67.2 Å². The van der Waals surface area contributed by atoms with Crippen molar-refractivity contribution in [2.45, 2.75) is 19.7 Å². The molecule has 0 spiro atoms. The molecular formula is C17H15Cl2N5O2S. The summed E-state index contributed by atoms with van der Waals surface area (Å²) in [4.78, 5) is 22.8. The first kappa shape index (κ1) is 18.2. The van der Waals surface area contributed by atoms with Gasteiger partial charge >= 0.3 is 0 Å². The lowest BCUT2D eigenvalue weighted by atomic mass is 10.1. The summed E-state index contributed by atoms with van der Waals surface area (Å²) in [6.45, 7) is 1.96. The summed E-state index contributed by atoms with van der Waals surface area (Å²) < 4.78 is 2.59. The molecule has 3 heterocycles. The van der Waals surface area contributed by atoms with Crippen molar-refractivity contribution in [3.8, 4) is 0 Å². The number of carbonyl (C=O) groups is 1. The number of anilines is 2. The minimum atomic E-state index is -0.726. The van der Waals surface area contributed by atoms with Crippen molar-refractivity contribution in [2.75, 3.05) is 17.3 Å². The second-order valence-electron chi connectivity index (χ2n) is 6.22. The highest BCUT2D eigenvalue weighted by Crippen LogP contribution is 2.33. The van der Waals surface area contributed by atoms with Gasteiger partial charge in [-0.3, -0.25) is 4.79 Å². The number of aromatic nitrogens is 3. The summed E-state index contributed by atoms with van der Waals surface area (Å²) in [7, 11) is 1.75. The first-order chi connectivity index (χ1) is 12.8. The molecule has 0 aliphatic carbocycles. The van der Waals surface area contributed by atoms with E-state index >= 15 is 0 Å². The molecule has 2 aromatic heterocycles. The third-order valence-electron chi connectivity index (χ3n) is 4.31. The summed E-state index contributed by atoms with van der Waals surface area (Å²) in [6.07, 6.45) is 2.59. The van der Waals surface area contributed by atoms with Crippen LogP contribution in [0.1, 0.15) is 12.6 Å². The number of likely N-dealkylation sites (N-methyl/N-ethyl adjacent to an activating group) is 1. The number of thiazole rings is 1. The highest BCUT2D eigenvalue weighted by molar-refractivity contribution is 7.22. The molecular weight excluding hydrogens is 409 g/mol. The van der Waals surface area contributed by atoms with E-state index in [0.29, 0.717) is 26.5 Å². The number of hydrogen-bond donors (Lipinski definition) is 2. The number of nitrogens with zero attached hydrogens (tertiary/aromatic N) is 4. The third-order valence-corrected chi connectivity index (χ3v) is 5.97. The molecule has 1 aliphatic heterocycles. The Bertz CT molecular complexity index is 1050. The topological polar surface area (TPSA) is 83.3 Å². The van der Waals surface area contributed by atoms with Crippen LogP contribution in [0.5, 0.6) is 0 Å². The molecule has 1 aromatic carbocycles. The number of aliphatic hydroxyl groups is 1. The van der Waals surface area contributed by atoms with Gasteiger partial charge in [-0.15, -0.1) is 0 Å². The highest BCUT2D eigenvalue weighted by Gasteiger charge is 2.25. The molecule has 1 aliphatic rings. The Labute approximate surface area is 168 Å². The Kier molecular flexibility index (Phi) is 4.59. The molecule has 3 aromatic rings. The molecule has 2 N–H and O–H groups in total. The predicted molar refractivity (Wildman–Crippen MR) is 109 cm³/mol. The molecule has 0 bridgehead atoms. The van der Waals surface area contributed by atoms with Gasteiger partial charge in [0.1, 0.15) is 12.8 Å². The van der Waals surface area contributed by atoms with Gasteiger partial charge in [0.25, 0.3) is 0 Å². The minimum absolute atomic E-state index is 0.0783. The summed E-state index contributed by atoms with van der Waals surface area (Å²) in [5.41, 5.74) is 2.35. The van der Waals surface area contributed by atoms with E-state index in [1.165, 1.54) is 11.3 Å². The average molecular weight is 424 g/mol. The number of aliphatic hydroxyl groups excluding tert-OH is 1. The maximum Gasteiger partial charge on any atom is 0.246 e. The van der Waals surface area contributed by atoms with Crippen LogP contribution < -0.4 is 10.2 Å². The Hall–Kier alpha value is -2.13. The second kappa shape index (κ2) is 6.79. The smallest absolute Gasteiger partial charge is 0.246 e. The maximum atomic E-state index is 12.5. The standard InChI is InChI=1S/C17H15Cl2N5O2S/c1-8-3-14(26)23(2)16-15(8)24(7-20-16)6-13(25)22-17-21-11-4-9(18)10(19)5-12(11)27-17/h3-5,7,14,26H,6H2,1-2H3,(H,21,22,25). The van der Waals surface area contributed by atoms with Crippen LogP contribution in [0, 0.1) is 0 Å². The van der Waals surface area contributed by atoms with Crippen molar-refractivity contribution < 1.29 is 9.90 Å². The summed E-state index contributed by atoms with van der Waals surface area (Å²) >= 11 is 13.4. The van der Waals surface area contributed by atoms with Crippen LogP contribution in [0.15, 0.2) is 24.5 Å². The normalized spacial score (nSPS) is 16.4. The molecule has 1 unspecified atom stereocenters. The van der Waals surface area contributed by atoms with Crippen molar-refractivity contribution in [1.82, 2.24) is 14.5 Å². The van der Waals surface area contributed by atoms with E-state index in [4.69, 9.17) is 23.2 Å². The van der Waals surface area contributed by atoms with Crippen LogP contribution in [0.2, 0.25) is 10.0 Å². The number of amides is 1. The van der Waals surface area contributed by atoms with E-state index in [9.17, 15) is 9.90 Å². The van der Waals surface area contributed by atoms with Crippen molar-refractivity contribution in [1.29, 1.82) is 0 Å². The lowest BCUT2D eigenvalue weighted by molar-refractivity contribution is -0.116. The zero-order valence-electron chi connectivity index (χ0n) is 14.4. The molecule has 10 heteroatoms. The average Bonchev–Trinajstić information content (AvgIpc) is 3.17. The van der Waals surface area contributed by atoms with Gasteiger partial charge in [-0.2, -0.15) is 0 Å². The SMILES string of the molecule is CC1=CC(O)N(C)c2ncn(CC(=O)Nc3nc4cc(Cl)c(Cl)cc4s3)c21. The van der Waals surface area contributed by atoms with Gasteiger partial charge in [-0.05, 0) is 30.7 Å². The lowest BCUT2D eigenvalue weighted by Crippen LogP contribution is -2.33. The van der Waals surface area contributed by atoms with E-state index < -0.39 is 6.23 Å².